The van der Waals surface area contributed by atoms with Crippen molar-refractivity contribution < 1.29 is 17.9 Å². The molecule has 2 heterocycles. The third-order valence-electron chi connectivity index (χ3n) is 3.68. The van der Waals surface area contributed by atoms with Crippen LogP contribution in [0.2, 0.25) is 0 Å². The third kappa shape index (κ3) is 3.73. The van der Waals surface area contributed by atoms with Gasteiger partial charge in [0.1, 0.15) is 0 Å². The highest BCUT2D eigenvalue weighted by atomic mass is 32.2. The number of hydrogen-bond donors (Lipinski definition) is 1. The summed E-state index contributed by atoms with van der Waals surface area (Å²) in [6.45, 7) is 1.34. The van der Waals surface area contributed by atoms with Crippen molar-refractivity contribution in [3.8, 4) is 0 Å². The first-order valence-corrected chi connectivity index (χ1v) is 8.22. The number of benzene rings is 1. The van der Waals surface area contributed by atoms with Gasteiger partial charge in [-0.3, -0.25) is 14.9 Å². The predicted molar refractivity (Wildman–Crippen MR) is 85.4 cm³/mol. The normalized spacial score (nSPS) is 14.5. The Morgan fingerprint density at radius 2 is 1.83 bits per heavy atom. The smallest absolute Gasteiger partial charge is 0.322 e. The molecule has 0 unspecified atom stereocenters. The van der Waals surface area contributed by atoms with Gasteiger partial charge in [-0.15, -0.1) is 5.10 Å². The molecule has 1 saturated heterocycles. The molecule has 1 fully saturated rings. The monoisotopic (exact) mass is 350 g/mol. The van der Waals surface area contributed by atoms with Crippen LogP contribution in [0.15, 0.2) is 33.6 Å². The zero-order valence-corrected chi connectivity index (χ0v) is 13.5. The van der Waals surface area contributed by atoms with E-state index in [1.807, 2.05) is 0 Å². The summed E-state index contributed by atoms with van der Waals surface area (Å²) in [7, 11) is 0. The lowest BCUT2D eigenvalue weighted by molar-refractivity contribution is 0.0684. The fourth-order valence-corrected chi connectivity index (χ4v) is 2.66. The maximum absolute atomic E-state index is 12.4. The lowest BCUT2D eigenvalue weighted by atomic mass is 10.1. The fourth-order valence-electron chi connectivity index (χ4n) is 2.42. The quantitative estimate of drug-likeness (QED) is 0.912. The molecule has 0 radical (unpaired) electrons. The first kappa shape index (κ1) is 16.4. The summed E-state index contributed by atoms with van der Waals surface area (Å²) in [5.41, 5.74) is 0.315. The highest BCUT2D eigenvalue weighted by Crippen LogP contribution is 2.19. The van der Waals surface area contributed by atoms with E-state index in [0.29, 0.717) is 23.5 Å². The second kappa shape index (κ2) is 7.43. The van der Waals surface area contributed by atoms with E-state index >= 15 is 0 Å². The Balaban J connectivity index is 1.64. The van der Waals surface area contributed by atoms with Crippen LogP contribution in [-0.4, -0.2) is 40.0 Å². The number of rotatable bonds is 4. The maximum Gasteiger partial charge on any atom is 0.322 e. The van der Waals surface area contributed by atoms with Gasteiger partial charge in [0.2, 0.25) is 0 Å². The molecule has 9 heteroatoms. The van der Waals surface area contributed by atoms with E-state index in [2.05, 4.69) is 15.5 Å². The number of carbonyl (C=O) groups is 2. The Morgan fingerprint density at radius 1 is 1.12 bits per heavy atom. The number of piperidine rings is 1. The van der Waals surface area contributed by atoms with Crippen molar-refractivity contribution in [3.05, 3.63) is 35.7 Å². The summed E-state index contributed by atoms with van der Waals surface area (Å²) in [4.78, 5) is 26.3. The van der Waals surface area contributed by atoms with Crippen LogP contribution in [0, 0.1) is 0 Å². The molecule has 0 spiro atoms. The van der Waals surface area contributed by atoms with Crippen LogP contribution in [-0.2, 0) is 0 Å². The Kier molecular flexibility index (Phi) is 5.09. The second-order valence-corrected chi connectivity index (χ2v) is 5.95. The molecule has 0 bridgehead atoms. The average Bonchev–Trinajstić information content (AvgIpc) is 3.10. The number of nitrogens with zero attached hydrogens (tertiary/aromatic N) is 3. The molecule has 1 aliphatic rings. The van der Waals surface area contributed by atoms with E-state index in [1.54, 1.807) is 4.90 Å². The molecule has 1 N–H and O–H groups in total. The van der Waals surface area contributed by atoms with E-state index in [-0.39, 0.29) is 30.0 Å². The van der Waals surface area contributed by atoms with Crippen molar-refractivity contribution in [3.63, 3.8) is 0 Å². The standard InChI is InChI=1S/C15H15FN4O3S/c16-24-11-6-4-10(5-7-11)12(21)17-15-19-18-13(23-15)14(22)20-8-2-1-3-9-20/h4-7H,1-3,8-9H2,(H,17,19,21). The largest absolute Gasteiger partial charge is 0.399 e. The molecule has 7 nitrogen and oxygen atoms in total. The van der Waals surface area contributed by atoms with E-state index in [9.17, 15) is 13.5 Å². The zero-order chi connectivity index (χ0) is 16.9. The summed E-state index contributed by atoms with van der Waals surface area (Å²) >= 11 is 0.0985. The van der Waals surface area contributed by atoms with Crippen molar-refractivity contribution in [1.29, 1.82) is 0 Å². The Morgan fingerprint density at radius 3 is 2.50 bits per heavy atom. The zero-order valence-electron chi connectivity index (χ0n) is 12.7. The van der Waals surface area contributed by atoms with Crippen molar-refractivity contribution in [2.24, 2.45) is 0 Å². The van der Waals surface area contributed by atoms with Crippen LogP contribution in [0.4, 0.5) is 9.90 Å². The van der Waals surface area contributed by atoms with Crippen LogP contribution in [0.5, 0.6) is 0 Å². The lowest BCUT2D eigenvalue weighted by Crippen LogP contribution is -2.35. The van der Waals surface area contributed by atoms with Crippen molar-refractivity contribution >= 4 is 30.0 Å². The molecule has 3 rings (SSSR count). The highest BCUT2D eigenvalue weighted by Gasteiger charge is 2.24. The van der Waals surface area contributed by atoms with Gasteiger partial charge in [-0.05, 0) is 43.5 Å². The van der Waals surface area contributed by atoms with Crippen molar-refractivity contribution in [2.45, 2.75) is 24.2 Å². The molecular weight excluding hydrogens is 335 g/mol. The number of aromatic nitrogens is 2. The van der Waals surface area contributed by atoms with Gasteiger partial charge in [-0.2, -0.15) is 3.89 Å². The Hall–Kier alpha value is -2.42. The van der Waals surface area contributed by atoms with Gasteiger partial charge in [0.05, 0.1) is 12.1 Å². The summed E-state index contributed by atoms with van der Waals surface area (Å²) in [6.07, 6.45) is 3.02. The molecule has 24 heavy (non-hydrogen) atoms. The number of halogens is 1. The maximum atomic E-state index is 12.4. The number of carbonyl (C=O) groups excluding carboxylic acids is 2. The van der Waals surface area contributed by atoms with Crippen LogP contribution in [0.1, 0.15) is 40.3 Å². The van der Waals surface area contributed by atoms with Gasteiger partial charge in [0.25, 0.3) is 5.91 Å². The SMILES string of the molecule is O=C(Nc1nnc(C(=O)N2CCCCC2)o1)c1ccc(SF)cc1. The molecule has 1 aliphatic heterocycles. The third-order valence-corrected chi connectivity index (χ3v) is 4.13. The van der Waals surface area contributed by atoms with Crippen molar-refractivity contribution in [1.82, 2.24) is 15.1 Å². The van der Waals surface area contributed by atoms with Gasteiger partial charge in [-0.1, -0.05) is 5.10 Å². The molecule has 2 aromatic rings. The first-order chi connectivity index (χ1) is 11.7. The molecule has 126 valence electrons. The van der Waals surface area contributed by atoms with Gasteiger partial charge >= 0.3 is 17.8 Å². The van der Waals surface area contributed by atoms with Gasteiger partial charge in [0.15, 0.2) is 0 Å². The molecule has 2 amide bonds. The van der Waals surface area contributed by atoms with Crippen LogP contribution in [0.25, 0.3) is 0 Å². The molecule has 0 aliphatic carbocycles. The van der Waals surface area contributed by atoms with Crippen molar-refractivity contribution in [2.75, 3.05) is 18.4 Å². The summed E-state index contributed by atoms with van der Waals surface area (Å²) in [5.74, 6) is -0.950. The Labute approximate surface area is 141 Å². The van der Waals surface area contributed by atoms with Crippen LogP contribution >= 0.6 is 12.1 Å². The predicted octanol–water partition coefficient (Wildman–Crippen LogP) is 2.92. The minimum absolute atomic E-state index is 0.0985. The van der Waals surface area contributed by atoms with E-state index < -0.39 is 5.91 Å². The van der Waals surface area contributed by atoms with Gasteiger partial charge in [0, 0.05) is 23.5 Å². The van der Waals surface area contributed by atoms with Gasteiger partial charge < -0.3 is 9.32 Å². The molecule has 1 aromatic heterocycles. The van der Waals surface area contributed by atoms with E-state index in [4.69, 9.17) is 4.42 Å². The lowest BCUT2D eigenvalue weighted by Gasteiger charge is -2.24. The van der Waals surface area contributed by atoms with Gasteiger partial charge in [-0.25, -0.2) is 0 Å². The summed E-state index contributed by atoms with van der Waals surface area (Å²) < 4.78 is 17.6. The topological polar surface area (TPSA) is 88.3 Å². The molecule has 0 atom stereocenters. The number of anilines is 1. The molecule has 0 saturated carbocycles. The fraction of sp³-hybridized carbons (Fsp3) is 0.333. The first-order valence-electron chi connectivity index (χ1n) is 7.50. The summed E-state index contributed by atoms with van der Waals surface area (Å²) in [5, 5.41) is 9.78. The second-order valence-electron chi connectivity index (χ2n) is 5.32. The van der Waals surface area contributed by atoms with E-state index in [1.165, 1.54) is 24.3 Å². The highest BCUT2D eigenvalue weighted by molar-refractivity contribution is 7.94. The minimum Gasteiger partial charge on any atom is -0.399 e. The minimum atomic E-state index is -0.481. The number of amides is 2. The van der Waals surface area contributed by atoms with Crippen LogP contribution in [0.3, 0.4) is 0 Å². The average molecular weight is 350 g/mol. The number of likely N-dealkylation sites (tertiary alicyclic amines) is 1. The molecular formula is C15H15FN4O3S. The number of hydrogen-bond acceptors (Lipinski definition) is 6. The number of nitrogens with one attached hydrogen (secondary N) is 1. The Bertz CT molecular complexity index is 729. The summed E-state index contributed by atoms with van der Waals surface area (Å²) in [6, 6.07) is 5.78. The van der Waals surface area contributed by atoms with E-state index in [0.717, 1.165) is 19.3 Å². The van der Waals surface area contributed by atoms with Crippen LogP contribution < -0.4 is 5.32 Å². The molecule has 1 aromatic carbocycles.